The number of nitro benzene ring substituents is 1. The molecule has 6 heteroatoms. The molecule has 0 N–H and O–H groups in total. The maximum atomic E-state index is 10.7. The third kappa shape index (κ3) is 3.32. The number of nitro groups is 1. The fourth-order valence-electron chi connectivity index (χ4n) is 1.61. The van der Waals surface area contributed by atoms with Gasteiger partial charge in [-0.25, -0.2) is 0 Å². The van der Waals surface area contributed by atoms with E-state index in [-0.39, 0.29) is 5.69 Å². The van der Waals surface area contributed by atoms with Crippen molar-refractivity contribution in [3.8, 4) is 5.75 Å². The highest BCUT2D eigenvalue weighted by Gasteiger charge is 2.10. The summed E-state index contributed by atoms with van der Waals surface area (Å²) in [6.45, 7) is 0. The number of aliphatic imine (C=N–C) groups is 1. The van der Waals surface area contributed by atoms with Crippen LogP contribution in [-0.4, -0.2) is 18.2 Å². The molecule has 0 fully saturated rings. The van der Waals surface area contributed by atoms with Gasteiger partial charge in [-0.1, -0.05) is 18.2 Å². The minimum Gasteiger partial charge on any atom is -0.494 e. The van der Waals surface area contributed by atoms with Gasteiger partial charge in [-0.3, -0.25) is 15.1 Å². The van der Waals surface area contributed by atoms with E-state index in [1.165, 1.54) is 19.2 Å². The van der Waals surface area contributed by atoms with Gasteiger partial charge in [0, 0.05) is 21.4 Å². The van der Waals surface area contributed by atoms with Crippen molar-refractivity contribution in [2.24, 2.45) is 4.99 Å². The Kier molecular flexibility index (Phi) is 4.67. The maximum Gasteiger partial charge on any atom is 0.273 e. The van der Waals surface area contributed by atoms with Gasteiger partial charge in [0.25, 0.3) is 5.69 Å². The van der Waals surface area contributed by atoms with Crippen molar-refractivity contribution >= 4 is 40.2 Å². The number of benzene rings is 2. The summed E-state index contributed by atoms with van der Waals surface area (Å²) in [6.07, 6.45) is 1.71. The molecule has 0 aromatic heterocycles. The molecule has 0 saturated carbocycles. The van der Waals surface area contributed by atoms with Crippen LogP contribution in [0, 0.1) is 13.7 Å². The number of halogens is 1. The van der Waals surface area contributed by atoms with Gasteiger partial charge in [-0.2, -0.15) is 0 Å². The molecule has 0 spiro atoms. The molecular formula is C14H11IN2O3. The van der Waals surface area contributed by atoms with Crippen molar-refractivity contribution in [3.63, 3.8) is 0 Å². The molecule has 0 atom stereocenters. The molecule has 0 radical (unpaired) electrons. The molecule has 0 heterocycles. The largest absolute Gasteiger partial charge is 0.494 e. The van der Waals surface area contributed by atoms with Crippen molar-refractivity contribution in [2.45, 2.75) is 0 Å². The molecule has 0 saturated heterocycles. The van der Waals surface area contributed by atoms with Crippen molar-refractivity contribution in [3.05, 3.63) is 61.7 Å². The van der Waals surface area contributed by atoms with Crippen molar-refractivity contribution in [1.82, 2.24) is 0 Å². The second kappa shape index (κ2) is 6.47. The van der Waals surface area contributed by atoms with E-state index in [1.807, 2.05) is 24.3 Å². The molecule has 2 aromatic rings. The Labute approximate surface area is 129 Å². The third-order valence-corrected chi connectivity index (χ3v) is 3.60. The summed E-state index contributed by atoms with van der Waals surface area (Å²) in [4.78, 5) is 14.6. The highest BCUT2D eigenvalue weighted by molar-refractivity contribution is 14.1. The molecule has 0 bridgehead atoms. The standard InChI is InChI=1S/C14H11IN2O3/c1-20-14-8-11(17(18)19)6-7-13(14)16-9-10-4-2-3-5-12(10)15/h2-9H,1H3. The average Bonchev–Trinajstić information content (AvgIpc) is 2.46. The van der Waals surface area contributed by atoms with E-state index in [2.05, 4.69) is 27.6 Å². The first-order valence-corrected chi connectivity index (χ1v) is 6.80. The Morgan fingerprint density at radius 1 is 1.30 bits per heavy atom. The Morgan fingerprint density at radius 3 is 2.70 bits per heavy atom. The van der Waals surface area contributed by atoms with Crippen molar-refractivity contribution in [2.75, 3.05) is 7.11 Å². The zero-order valence-electron chi connectivity index (χ0n) is 10.6. The van der Waals surface area contributed by atoms with Crippen LogP contribution in [0.3, 0.4) is 0 Å². The van der Waals surface area contributed by atoms with Gasteiger partial charge in [0.1, 0.15) is 5.69 Å². The second-order valence-corrected chi connectivity index (χ2v) is 5.06. The molecular weight excluding hydrogens is 371 g/mol. The molecule has 20 heavy (non-hydrogen) atoms. The van der Waals surface area contributed by atoms with Crippen LogP contribution in [0.15, 0.2) is 47.5 Å². The Bertz CT molecular complexity index is 671. The van der Waals surface area contributed by atoms with Gasteiger partial charge in [0.05, 0.1) is 18.1 Å². The molecule has 2 rings (SSSR count). The van der Waals surface area contributed by atoms with E-state index in [9.17, 15) is 10.1 Å². The number of methoxy groups -OCH3 is 1. The lowest BCUT2D eigenvalue weighted by Crippen LogP contribution is -1.91. The minimum atomic E-state index is -0.462. The molecule has 0 unspecified atom stereocenters. The first kappa shape index (κ1) is 14.4. The number of nitrogens with zero attached hydrogens (tertiary/aromatic N) is 2. The summed E-state index contributed by atoms with van der Waals surface area (Å²) >= 11 is 2.22. The lowest BCUT2D eigenvalue weighted by molar-refractivity contribution is -0.384. The van der Waals surface area contributed by atoms with Gasteiger partial charge in [0.2, 0.25) is 0 Å². The predicted octanol–water partition coefficient (Wildman–Crippen LogP) is 3.96. The van der Waals surface area contributed by atoms with Crippen LogP contribution < -0.4 is 4.74 Å². The quantitative estimate of drug-likeness (QED) is 0.348. The van der Waals surface area contributed by atoms with Crippen molar-refractivity contribution in [1.29, 1.82) is 0 Å². The van der Waals surface area contributed by atoms with E-state index in [1.54, 1.807) is 12.3 Å². The topological polar surface area (TPSA) is 64.7 Å². The number of rotatable bonds is 4. The van der Waals surface area contributed by atoms with E-state index in [0.29, 0.717) is 11.4 Å². The zero-order valence-corrected chi connectivity index (χ0v) is 12.8. The van der Waals surface area contributed by atoms with Gasteiger partial charge in [-0.15, -0.1) is 0 Å². The summed E-state index contributed by atoms with van der Waals surface area (Å²) in [5, 5.41) is 10.7. The Hall–Kier alpha value is -1.96. The van der Waals surface area contributed by atoms with Crippen LogP contribution in [0.1, 0.15) is 5.56 Å². The highest BCUT2D eigenvalue weighted by Crippen LogP contribution is 2.31. The predicted molar refractivity (Wildman–Crippen MR) is 86.1 cm³/mol. The fourth-order valence-corrected chi connectivity index (χ4v) is 2.13. The highest BCUT2D eigenvalue weighted by atomic mass is 127. The Morgan fingerprint density at radius 2 is 2.05 bits per heavy atom. The molecule has 0 aliphatic carbocycles. The van der Waals surface area contributed by atoms with Crippen LogP contribution in [-0.2, 0) is 0 Å². The van der Waals surface area contributed by atoms with Gasteiger partial charge < -0.3 is 4.74 Å². The maximum absolute atomic E-state index is 10.7. The normalized spacial score (nSPS) is 10.7. The van der Waals surface area contributed by atoms with Crippen LogP contribution in [0.4, 0.5) is 11.4 Å². The van der Waals surface area contributed by atoms with E-state index < -0.39 is 4.92 Å². The number of hydrogen-bond acceptors (Lipinski definition) is 4. The van der Waals surface area contributed by atoms with E-state index >= 15 is 0 Å². The fraction of sp³-hybridized carbons (Fsp3) is 0.0714. The van der Waals surface area contributed by atoms with Crippen LogP contribution in [0.2, 0.25) is 0 Å². The zero-order chi connectivity index (χ0) is 14.5. The monoisotopic (exact) mass is 382 g/mol. The summed E-state index contributed by atoms with van der Waals surface area (Å²) in [5.41, 5.74) is 1.52. The lowest BCUT2D eigenvalue weighted by Gasteiger charge is -2.04. The molecule has 0 amide bonds. The summed E-state index contributed by atoms with van der Waals surface area (Å²) in [7, 11) is 1.46. The first-order valence-electron chi connectivity index (χ1n) is 5.73. The first-order chi connectivity index (χ1) is 9.61. The van der Waals surface area contributed by atoms with Crippen LogP contribution in [0.25, 0.3) is 0 Å². The van der Waals surface area contributed by atoms with E-state index in [4.69, 9.17) is 4.74 Å². The van der Waals surface area contributed by atoms with Crippen LogP contribution >= 0.6 is 22.6 Å². The third-order valence-electron chi connectivity index (χ3n) is 2.62. The average molecular weight is 382 g/mol. The van der Waals surface area contributed by atoms with Crippen molar-refractivity contribution < 1.29 is 9.66 Å². The van der Waals surface area contributed by atoms with E-state index in [0.717, 1.165) is 9.13 Å². The lowest BCUT2D eigenvalue weighted by atomic mass is 10.2. The molecule has 102 valence electrons. The minimum absolute atomic E-state index is 0.0184. The summed E-state index contributed by atoms with van der Waals surface area (Å²) < 4.78 is 6.21. The molecule has 5 nitrogen and oxygen atoms in total. The van der Waals surface area contributed by atoms with Crippen LogP contribution in [0.5, 0.6) is 5.75 Å². The van der Waals surface area contributed by atoms with Gasteiger partial charge >= 0.3 is 0 Å². The van der Waals surface area contributed by atoms with Gasteiger partial charge in [0.15, 0.2) is 5.75 Å². The molecule has 0 aliphatic rings. The second-order valence-electron chi connectivity index (χ2n) is 3.89. The number of non-ortho nitro benzene ring substituents is 1. The number of ether oxygens (including phenoxy) is 1. The smallest absolute Gasteiger partial charge is 0.273 e. The number of hydrogen-bond donors (Lipinski definition) is 0. The SMILES string of the molecule is COc1cc([N+](=O)[O-])ccc1N=Cc1ccccc1I. The Balaban J connectivity index is 2.34. The summed E-state index contributed by atoms with van der Waals surface area (Å²) in [5.74, 6) is 0.376. The van der Waals surface area contributed by atoms with Gasteiger partial charge in [-0.05, 0) is 34.7 Å². The molecule has 2 aromatic carbocycles. The molecule has 0 aliphatic heterocycles. The summed E-state index contributed by atoms with van der Waals surface area (Å²) in [6, 6.07) is 12.2.